The molecule has 4 nitrogen and oxygen atoms in total. The lowest BCUT2D eigenvalue weighted by molar-refractivity contribution is 0.00578. The predicted molar refractivity (Wildman–Crippen MR) is 107 cm³/mol. The third-order valence-electron chi connectivity index (χ3n) is 5.94. The van der Waals surface area contributed by atoms with Crippen molar-refractivity contribution >= 4 is 20.9 Å². The van der Waals surface area contributed by atoms with Crippen LogP contribution in [0.5, 0.6) is 0 Å². The number of hydrogen-bond donors (Lipinski definition) is 0. The SMILES string of the molecule is Cc1cc(B2OC(C)(C)C(C)(C)O2)cc(CO[Si](C)(C)C(C)(C)C)n1. The van der Waals surface area contributed by atoms with Crippen molar-refractivity contribution in [2.75, 3.05) is 0 Å². The monoisotopic (exact) mass is 363 g/mol. The lowest BCUT2D eigenvalue weighted by Crippen LogP contribution is -2.41. The fraction of sp³-hybridized carbons (Fsp3) is 0.737. The van der Waals surface area contributed by atoms with Gasteiger partial charge in [0.1, 0.15) is 0 Å². The molecule has 0 spiro atoms. The fourth-order valence-corrected chi connectivity index (χ4v) is 3.37. The van der Waals surface area contributed by atoms with Crippen LogP contribution >= 0.6 is 0 Å². The zero-order valence-electron chi connectivity index (χ0n) is 17.6. The van der Waals surface area contributed by atoms with E-state index in [1.165, 1.54) is 0 Å². The summed E-state index contributed by atoms with van der Waals surface area (Å²) < 4.78 is 18.7. The van der Waals surface area contributed by atoms with E-state index in [1.54, 1.807) is 0 Å². The molecule has 0 N–H and O–H groups in total. The third-order valence-corrected chi connectivity index (χ3v) is 10.4. The summed E-state index contributed by atoms with van der Waals surface area (Å²) in [6.45, 7) is 22.1. The summed E-state index contributed by atoms with van der Waals surface area (Å²) in [7, 11) is -2.17. The molecule has 0 bridgehead atoms. The highest BCUT2D eigenvalue weighted by atomic mass is 28.4. The molecular formula is C19H34BNO3Si. The molecular weight excluding hydrogens is 329 g/mol. The smallest absolute Gasteiger partial charge is 0.411 e. The van der Waals surface area contributed by atoms with E-state index in [0.29, 0.717) is 6.61 Å². The summed E-state index contributed by atoms with van der Waals surface area (Å²) >= 11 is 0. The fourth-order valence-electron chi connectivity index (χ4n) is 2.43. The summed E-state index contributed by atoms with van der Waals surface area (Å²) in [5.74, 6) is 0. The van der Waals surface area contributed by atoms with Gasteiger partial charge in [0.2, 0.25) is 0 Å². The van der Waals surface area contributed by atoms with Crippen molar-refractivity contribution in [3.8, 4) is 0 Å². The molecule has 0 aromatic carbocycles. The molecule has 2 heterocycles. The first-order valence-electron chi connectivity index (χ1n) is 9.12. The van der Waals surface area contributed by atoms with Gasteiger partial charge in [-0.1, -0.05) is 20.8 Å². The van der Waals surface area contributed by atoms with Gasteiger partial charge in [0.25, 0.3) is 0 Å². The molecule has 1 aromatic heterocycles. The first kappa shape index (κ1) is 20.6. The van der Waals surface area contributed by atoms with Crippen LogP contribution in [0.1, 0.15) is 59.9 Å². The second-order valence-corrected chi connectivity index (χ2v) is 14.5. The quantitative estimate of drug-likeness (QED) is 0.752. The van der Waals surface area contributed by atoms with E-state index in [1.807, 2.05) is 13.0 Å². The van der Waals surface area contributed by atoms with Gasteiger partial charge >= 0.3 is 7.12 Å². The van der Waals surface area contributed by atoms with Gasteiger partial charge in [0.15, 0.2) is 8.32 Å². The van der Waals surface area contributed by atoms with Crippen molar-refractivity contribution in [3.05, 3.63) is 23.5 Å². The van der Waals surface area contributed by atoms with Crippen molar-refractivity contribution in [3.63, 3.8) is 0 Å². The van der Waals surface area contributed by atoms with Gasteiger partial charge < -0.3 is 13.7 Å². The van der Waals surface area contributed by atoms with Crippen LogP contribution in [-0.4, -0.2) is 31.6 Å². The minimum absolute atomic E-state index is 0.186. The van der Waals surface area contributed by atoms with Crippen molar-refractivity contribution in [2.24, 2.45) is 0 Å². The van der Waals surface area contributed by atoms with Crippen LogP contribution in [0, 0.1) is 6.92 Å². The standard InChI is InChI=1S/C19H34BNO3Si/c1-14-11-15(20-23-18(5,6)19(7,8)24-20)12-16(21-14)13-22-25(9,10)17(2,3)4/h11-12H,13H2,1-10H3. The van der Waals surface area contributed by atoms with E-state index in [4.69, 9.17) is 13.7 Å². The zero-order chi connectivity index (χ0) is 19.3. The second-order valence-electron chi connectivity index (χ2n) is 9.67. The van der Waals surface area contributed by atoms with Gasteiger partial charge in [-0.25, -0.2) is 0 Å². The molecule has 0 radical (unpaired) electrons. The van der Waals surface area contributed by atoms with Crippen LogP contribution in [0.25, 0.3) is 0 Å². The summed E-state index contributed by atoms with van der Waals surface area (Å²) in [4.78, 5) is 4.65. The zero-order valence-corrected chi connectivity index (χ0v) is 18.6. The van der Waals surface area contributed by atoms with Crippen LogP contribution in [0.4, 0.5) is 0 Å². The number of hydrogen-bond acceptors (Lipinski definition) is 4. The van der Waals surface area contributed by atoms with E-state index in [9.17, 15) is 0 Å². The topological polar surface area (TPSA) is 40.6 Å². The van der Waals surface area contributed by atoms with E-state index >= 15 is 0 Å². The molecule has 1 fully saturated rings. The van der Waals surface area contributed by atoms with Crippen molar-refractivity contribution in [1.29, 1.82) is 0 Å². The first-order chi connectivity index (χ1) is 11.1. The van der Waals surface area contributed by atoms with Gasteiger partial charge in [-0.2, -0.15) is 0 Å². The maximum absolute atomic E-state index is 6.33. The van der Waals surface area contributed by atoms with Gasteiger partial charge in [-0.05, 0) is 70.3 Å². The average molecular weight is 363 g/mol. The van der Waals surface area contributed by atoms with E-state index < -0.39 is 8.32 Å². The van der Waals surface area contributed by atoms with Crippen molar-refractivity contribution < 1.29 is 13.7 Å². The Morgan fingerprint density at radius 3 is 2.08 bits per heavy atom. The highest BCUT2D eigenvalue weighted by Gasteiger charge is 2.51. The number of pyridine rings is 1. The van der Waals surface area contributed by atoms with Crippen LogP contribution in [0.15, 0.2) is 12.1 Å². The maximum atomic E-state index is 6.33. The van der Waals surface area contributed by atoms with Crippen LogP contribution in [0.3, 0.4) is 0 Å². The minimum Gasteiger partial charge on any atom is -0.411 e. The molecule has 1 aliphatic rings. The predicted octanol–water partition coefficient (Wildman–Crippen LogP) is 4.21. The Hall–Kier alpha value is -0.688. The largest absolute Gasteiger partial charge is 0.494 e. The summed E-state index contributed by atoms with van der Waals surface area (Å²) in [5, 5.41) is 0.186. The molecule has 140 valence electrons. The van der Waals surface area contributed by atoms with E-state index in [0.717, 1.165) is 16.9 Å². The molecule has 25 heavy (non-hydrogen) atoms. The average Bonchev–Trinajstić information content (AvgIpc) is 2.63. The molecule has 1 aliphatic heterocycles. The van der Waals surface area contributed by atoms with Crippen LogP contribution in [-0.2, 0) is 20.3 Å². The Bertz CT molecular complexity index is 622. The number of nitrogens with zero attached hydrogens (tertiary/aromatic N) is 1. The van der Waals surface area contributed by atoms with Crippen LogP contribution < -0.4 is 5.46 Å². The molecule has 2 rings (SSSR count). The Morgan fingerprint density at radius 1 is 1.08 bits per heavy atom. The second kappa shape index (κ2) is 6.48. The molecule has 0 amide bonds. The van der Waals surface area contributed by atoms with Crippen LogP contribution in [0.2, 0.25) is 18.1 Å². The summed E-state index contributed by atoms with van der Waals surface area (Å²) in [6.07, 6.45) is 0. The molecule has 1 saturated heterocycles. The summed E-state index contributed by atoms with van der Waals surface area (Å²) in [6, 6.07) is 4.10. The van der Waals surface area contributed by atoms with Crippen molar-refractivity contribution in [2.45, 2.75) is 91.3 Å². The van der Waals surface area contributed by atoms with Crippen molar-refractivity contribution in [1.82, 2.24) is 4.98 Å². The Morgan fingerprint density at radius 2 is 1.60 bits per heavy atom. The van der Waals surface area contributed by atoms with Gasteiger partial charge in [-0.15, -0.1) is 0 Å². The molecule has 0 atom stereocenters. The van der Waals surface area contributed by atoms with Gasteiger partial charge in [0.05, 0.1) is 23.5 Å². The number of aromatic nitrogens is 1. The molecule has 0 aliphatic carbocycles. The Balaban J connectivity index is 2.19. The van der Waals surface area contributed by atoms with E-state index in [2.05, 4.69) is 72.6 Å². The Labute approximate surface area is 154 Å². The maximum Gasteiger partial charge on any atom is 0.494 e. The Kier molecular flexibility index (Phi) is 5.35. The number of rotatable bonds is 4. The highest BCUT2D eigenvalue weighted by molar-refractivity contribution is 6.74. The molecule has 6 heteroatoms. The molecule has 0 unspecified atom stereocenters. The lowest BCUT2D eigenvalue weighted by atomic mass is 9.79. The van der Waals surface area contributed by atoms with E-state index in [-0.39, 0.29) is 23.4 Å². The first-order valence-corrected chi connectivity index (χ1v) is 12.0. The highest BCUT2D eigenvalue weighted by Crippen LogP contribution is 2.38. The summed E-state index contributed by atoms with van der Waals surface area (Å²) in [5.41, 5.74) is 2.23. The lowest BCUT2D eigenvalue weighted by Gasteiger charge is -2.36. The third kappa shape index (κ3) is 4.35. The molecule has 0 saturated carbocycles. The van der Waals surface area contributed by atoms with Gasteiger partial charge in [-0.3, -0.25) is 4.98 Å². The van der Waals surface area contributed by atoms with Gasteiger partial charge in [0, 0.05) is 5.69 Å². The number of aryl methyl sites for hydroxylation is 1. The normalized spacial score (nSPS) is 20.2. The minimum atomic E-state index is -1.80. The molecule has 1 aromatic rings.